The Kier molecular flexibility index (Phi) is 4.56. The van der Waals surface area contributed by atoms with E-state index in [1.165, 1.54) is 23.2 Å². The van der Waals surface area contributed by atoms with Gasteiger partial charge in [0, 0.05) is 19.5 Å². The maximum atomic E-state index is 13.0. The molecule has 1 aliphatic rings. The number of benzene rings is 1. The third-order valence-electron chi connectivity index (χ3n) is 3.83. The lowest BCUT2D eigenvalue weighted by atomic mass is 10.2. The van der Waals surface area contributed by atoms with Crippen molar-refractivity contribution in [3.8, 4) is 0 Å². The summed E-state index contributed by atoms with van der Waals surface area (Å²) in [5.41, 5.74) is 0.868. The highest BCUT2D eigenvalue weighted by Crippen LogP contribution is 2.24. The van der Waals surface area contributed by atoms with Crippen LogP contribution < -0.4 is 0 Å². The smallest absolute Gasteiger partial charge is 0.324 e. The lowest BCUT2D eigenvalue weighted by Crippen LogP contribution is -2.52. The number of hydrogen-bond donors (Lipinski definition) is 0. The summed E-state index contributed by atoms with van der Waals surface area (Å²) >= 11 is 1.48. The standard InChI is InChI=1S/C16H18FN3O2S/c1-11(17)6-8-19-9-7-15(21)20(16(19)22)10-14-18-12-4-2-3-5-13(12)23-14/h2-5,11H,6-10H2,1H3/t11-/m0/s1. The highest BCUT2D eigenvalue weighted by Gasteiger charge is 2.32. The number of urea groups is 1. The molecule has 1 saturated heterocycles. The molecule has 5 nitrogen and oxygen atoms in total. The summed E-state index contributed by atoms with van der Waals surface area (Å²) in [5, 5.41) is 0.730. The zero-order chi connectivity index (χ0) is 16.4. The van der Waals surface area contributed by atoms with Gasteiger partial charge in [0.15, 0.2) is 0 Å². The van der Waals surface area contributed by atoms with E-state index in [9.17, 15) is 14.0 Å². The van der Waals surface area contributed by atoms with Gasteiger partial charge in [0.25, 0.3) is 0 Å². The van der Waals surface area contributed by atoms with Crippen molar-refractivity contribution >= 4 is 33.5 Å². The van der Waals surface area contributed by atoms with Gasteiger partial charge in [-0.3, -0.25) is 9.69 Å². The van der Waals surface area contributed by atoms with E-state index >= 15 is 0 Å². The van der Waals surface area contributed by atoms with Crippen molar-refractivity contribution in [3.05, 3.63) is 29.3 Å². The maximum Gasteiger partial charge on any atom is 0.327 e. The largest absolute Gasteiger partial charge is 0.327 e. The van der Waals surface area contributed by atoms with Crippen LogP contribution in [0.4, 0.5) is 9.18 Å². The highest BCUT2D eigenvalue weighted by atomic mass is 32.1. The average molecular weight is 335 g/mol. The normalized spacial score (nSPS) is 17.1. The summed E-state index contributed by atoms with van der Waals surface area (Å²) in [6, 6.07) is 7.36. The molecule has 1 aromatic heterocycles. The molecule has 0 unspecified atom stereocenters. The van der Waals surface area contributed by atoms with Gasteiger partial charge in [0.1, 0.15) is 5.01 Å². The predicted octanol–water partition coefficient (Wildman–Crippen LogP) is 3.20. The first kappa shape index (κ1) is 15.9. The van der Waals surface area contributed by atoms with Crippen LogP contribution in [0.25, 0.3) is 10.2 Å². The Labute approximate surface area is 137 Å². The number of carbonyl (C=O) groups excluding carboxylic acids is 2. The molecular formula is C16H18FN3O2S. The number of amides is 3. The van der Waals surface area contributed by atoms with E-state index in [0.29, 0.717) is 13.1 Å². The van der Waals surface area contributed by atoms with Crippen LogP contribution in [0.15, 0.2) is 24.3 Å². The number of thiazole rings is 1. The molecule has 3 rings (SSSR count). The summed E-state index contributed by atoms with van der Waals surface area (Å²) in [7, 11) is 0. The van der Waals surface area contributed by atoms with Crippen LogP contribution in [-0.2, 0) is 11.3 Å². The molecule has 0 radical (unpaired) electrons. The number of halogens is 1. The zero-order valence-electron chi connectivity index (χ0n) is 12.9. The van der Waals surface area contributed by atoms with Gasteiger partial charge >= 0.3 is 6.03 Å². The fourth-order valence-electron chi connectivity index (χ4n) is 2.56. The third kappa shape index (κ3) is 3.50. The van der Waals surface area contributed by atoms with Crippen molar-refractivity contribution < 1.29 is 14.0 Å². The van der Waals surface area contributed by atoms with Crippen molar-refractivity contribution in [1.29, 1.82) is 0 Å². The number of nitrogens with zero attached hydrogens (tertiary/aromatic N) is 3. The second kappa shape index (κ2) is 6.62. The van der Waals surface area contributed by atoms with E-state index in [4.69, 9.17) is 0 Å². The number of aromatic nitrogens is 1. The van der Waals surface area contributed by atoms with Crippen LogP contribution in [0.2, 0.25) is 0 Å². The van der Waals surface area contributed by atoms with Gasteiger partial charge < -0.3 is 4.90 Å². The van der Waals surface area contributed by atoms with Gasteiger partial charge in [0.05, 0.1) is 22.9 Å². The molecule has 0 saturated carbocycles. The van der Waals surface area contributed by atoms with Crippen molar-refractivity contribution in [1.82, 2.24) is 14.8 Å². The van der Waals surface area contributed by atoms with E-state index in [1.807, 2.05) is 24.3 Å². The summed E-state index contributed by atoms with van der Waals surface area (Å²) < 4.78 is 14.0. The first-order valence-corrected chi connectivity index (χ1v) is 8.44. The average Bonchev–Trinajstić information content (AvgIpc) is 2.93. The predicted molar refractivity (Wildman–Crippen MR) is 86.9 cm³/mol. The molecule has 1 aliphatic heterocycles. The van der Waals surface area contributed by atoms with Crippen molar-refractivity contribution in [2.24, 2.45) is 0 Å². The summed E-state index contributed by atoms with van der Waals surface area (Å²) in [6.07, 6.45) is -0.398. The summed E-state index contributed by atoms with van der Waals surface area (Å²) in [4.78, 5) is 31.8. The molecular weight excluding hydrogens is 317 g/mol. The molecule has 23 heavy (non-hydrogen) atoms. The number of rotatable bonds is 5. The molecule has 122 valence electrons. The topological polar surface area (TPSA) is 53.5 Å². The first-order valence-electron chi connectivity index (χ1n) is 7.62. The Morgan fingerprint density at radius 1 is 1.35 bits per heavy atom. The Balaban J connectivity index is 1.74. The monoisotopic (exact) mass is 335 g/mol. The molecule has 7 heteroatoms. The number of para-hydroxylation sites is 1. The zero-order valence-corrected chi connectivity index (χ0v) is 13.7. The minimum Gasteiger partial charge on any atom is -0.324 e. The van der Waals surface area contributed by atoms with Crippen LogP contribution in [-0.4, -0.2) is 46.0 Å². The van der Waals surface area contributed by atoms with Crippen LogP contribution in [0.5, 0.6) is 0 Å². The number of carbonyl (C=O) groups is 2. The van der Waals surface area contributed by atoms with Crippen molar-refractivity contribution in [2.75, 3.05) is 13.1 Å². The van der Waals surface area contributed by atoms with Gasteiger partial charge in [-0.1, -0.05) is 12.1 Å². The maximum absolute atomic E-state index is 13.0. The Bertz CT molecular complexity index is 698. The molecule has 1 aromatic carbocycles. The summed E-state index contributed by atoms with van der Waals surface area (Å²) in [5.74, 6) is -0.196. The van der Waals surface area contributed by atoms with E-state index < -0.39 is 6.17 Å². The third-order valence-corrected chi connectivity index (χ3v) is 4.85. The quantitative estimate of drug-likeness (QED) is 0.843. The fraction of sp³-hybridized carbons (Fsp3) is 0.438. The number of hydrogen-bond acceptors (Lipinski definition) is 4. The minimum atomic E-state index is -0.960. The SMILES string of the molecule is C[C@H](F)CCN1CCC(=O)N(Cc2nc3ccccc3s2)C1=O. The van der Waals surface area contributed by atoms with E-state index in [2.05, 4.69) is 4.98 Å². The number of fused-ring (bicyclic) bond motifs is 1. The second-order valence-corrected chi connectivity index (χ2v) is 6.76. The van der Waals surface area contributed by atoms with E-state index in [-0.39, 0.29) is 31.3 Å². The molecule has 2 heterocycles. The molecule has 1 atom stereocenters. The minimum absolute atomic E-state index is 0.179. The molecule has 0 spiro atoms. The van der Waals surface area contributed by atoms with Crippen LogP contribution in [0.3, 0.4) is 0 Å². The molecule has 3 amide bonds. The van der Waals surface area contributed by atoms with Gasteiger partial charge in [-0.25, -0.2) is 14.2 Å². The Hall–Kier alpha value is -2.02. The van der Waals surface area contributed by atoms with Crippen molar-refractivity contribution in [2.45, 2.75) is 32.5 Å². The molecule has 1 fully saturated rings. The lowest BCUT2D eigenvalue weighted by molar-refractivity contribution is -0.131. The molecule has 0 bridgehead atoms. The first-order chi connectivity index (χ1) is 11.0. The van der Waals surface area contributed by atoms with Gasteiger partial charge in [-0.15, -0.1) is 11.3 Å². The Morgan fingerprint density at radius 3 is 2.87 bits per heavy atom. The van der Waals surface area contributed by atoms with Gasteiger partial charge in [0.2, 0.25) is 5.91 Å². The van der Waals surface area contributed by atoms with Gasteiger partial charge in [-0.05, 0) is 25.5 Å². The second-order valence-electron chi connectivity index (χ2n) is 5.64. The fourth-order valence-corrected chi connectivity index (χ4v) is 3.51. The van der Waals surface area contributed by atoms with E-state index in [0.717, 1.165) is 15.2 Å². The van der Waals surface area contributed by atoms with Crippen LogP contribution >= 0.6 is 11.3 Å². The molecule has 0 aliphatic carbocycles. The molecule has 0 N–H and O–H groups in total. The van der Waals surface area contributed by atoms with Crippen molar-refractivity contribution in [3.63, 3.8) is 0 Å². The van der Waals surface area contributed by atoms with Crippen LogP contribution in [0.1, 0.15) is 24.8 Å². The van der Waals surface area contributed by atoms with Gasteiger partial charge in [-0.2, -0.15) is 0 Å². The highest BCUT2D eigenvalue weighted by molar-refractivity contribution is 7.18. The Morgan fingerprint density at radius 2 is 2.13 bits per heavy atom. The number of imide groups is 1. The number of alkyl halides is 1. The molecule has 2 aromatic rings. The summed E-state index contributed by atoms with van der Waals surface area (Å²) in [6.45, 7) is 2.35. The van der Waals surface area contributed by atoms with Crippen LogP contribution in [0, 0.1) is 0 Å². The van der Waals surface area contributed by atoms with E-state index in [1.54, 1.807) is 4.90 Å². The lowest BCUT2D eigenvalue weighted by Gasteiger charge is -2.33.